The van der Waals surface area contributed by atoms with Crippen molar-refractivity contribution in [3.05, 3.63) is 205 Å². The first-order chi connectivity index (χ1) is 61.3. The SMILES string of the molecule is C1=CC2OC2C1.C1=CCC=C1.CC(=O)OC(C)=O.CC(=O)OO.CC(=O)O[C@H]1C=C[C@@H](C)C1.CC(=O)O[C@H]1C=C[C@@H](O)C1.CC1(C)OC2C(O1)[C@@H](O)C[C@H]2n1ccc(=O)[nH]c1=O.CC1(C)OC2C(O1)[C@H](n1ccc(=O)[nH]c1=O)C[C@@H]2OCP(=O)(O)O.CC1(C)OC2C(O1)[C@H](n1ccc(=O)[nH]c1=O)C[C@@H]2OCP(=O)(O)OP(=O)(O)OP(=O)(O)O.O=c1ccn([C@H]2C=C[C@@H](O)C2)c(=O)[nH]1. The summed E-state index contributed by atoms with van der Waals surface area (Å²) in [6.45, 7) is 18.5. The van der Waals surface area contributed by atoms with Crippen molar-refractivity contribution in [3.8, 4) is 0 Å². The smallest absolute Gasteiger partial charge is 0.458 e. The second-order valence-corrected chi connectivity index (χ2v) is 38.6. The molecule has 0 aromatic carbocycles. The van der Waals surface area contributed by atoms with Gasteiger partial charge >= 0.3 is 83.4 Å². The minimum absolute atomic E-state index is 0.0210. The topological polar surface area (TPSA) is 717 Å². The van der Waals surface area contributed by atoms with Crippen molar-refractivity contribution < 1.29 is 163 Å². The summed E-state index contributed by atoms with van der Waals surface area (Å²) in [4.78, 5) is 208. The Balaban J connectivity index is 0.000000213. The van der Waals surface area contributed by atoms with E-state index in [9.17, 15) is 101 Å². The van der Waals surface area contributed by atoms with Crippen LogP contribution in [0.2, 0.25) is 0 Å². The third kappa shape index (κ3) is 36.2. The molecule has 50 nitrogen and oxygen atoms in total. The second kappa shape index (κ2) is 47.8. The Labute approximate surface area is 749 Å². The number of nitrogens with one attached hydrogen (secondary N) is 4. The Kier molecular flexibility index (Phi) is 39.8. The molecule has 0 radical (unpaired) electrons. The van der Waals surface area contributed by atoms with Crippen LogP contribution >= 0.6 is 30.8 Å². The van der Waals surface area contributed by atoms with Crippen LogP contribution in [0.1, 0.15) is 159 Å². The van der Waals surface area contributed by atoms with Crippen LogP contribution in [0, 0.1) is 5.92 Å². The minimum Gasteiger partial charge on any atom is -0.458 e. The number of phosphoric acid groups is 2. The standard InChI is InChI=1S/C13H21N2O14P3.C13H19N2O8P.C12H16N2O5.C9H10N2O3.C8H12O2.C7H10O3.C5H6O.C5H6.C4H6O3.C2H4O3/c1-13(2)26-10-7(15-4-3-9(16)14-12(15)17)5-8(11(10)27-13)25-6-30(18,19)28-32(23,24)29-31(20,21)22;1-13(2)22-10-7(15-4-3-9(16)14-12(15)17)5-8(11(10)23-13)21-6-24(18,19)20;1-12(2)18-9-6(5-7(15)10(9)19-12)14-4-3-8(16)13-11(14)17;12-7-2-1-6(5-7)11-4-3-8(13)10-9(11)14;1-6-3-4-8(5-6)10-7(2)9;1-5(8)10-7-3-2-6(9)4-7;1-2-4-5(3-1)6-4;1-2-4-5-3-1;1-3(5)7-4(2)6;1-2(3)5-4/h3-4,7-8,10-11H,5-6H2,1-2H3,(H,18,19)(H,23,24)(H,14,16,17)(H2,20,21,22);3-4,7-8,10-11H,5-6H2,1-2H3,(H,14,16,17)(H2,18,19,20);3-4,6-7,9-10,15H,5H2,1-2H3,(H,13,16,17);1-4,6-7,12H,5H2,(H,10,13,14);3-4,6,8H,5H2,1-2H3;2-3,6-7,9H,4H2,1H3;1-2,4-5H,3H2;1-4H,5H2;1-2H3;4H,1H3/t2*7-,8+,10?,11?;6-,7+,9?,10?;6-,7+;6-,8+;6-,7+;;;;/m111011..../s1. The molecule has 4 aromatic rings. The highest BCUT2D eigenvalue weighted by molar-refractivity contribution is 7.68. The number of hydrogen-bond donors (Lipinski definition) is 14. The number of nitrogens with zero attached hydrogens (tertiary/aromatic N) is 4. The highest BCUT2D eigenvalue weighted by Gasteiger charge is 2.59. The number of fused-ring (bicyclic) bond motifs is 4. The van der Waals surface area contributed by atoms with Crippen LogP contribution in [0.5, 0.6) is 0 Å². The number of aromatic amines is 4. The van der Waals surface area contributed by atoms with Crippen LogP contribution in [0.3, 0.4) is 0 Å². The van der Waals surface area contributed by atoms with Crippen molar-refractivity contribution in [1.29, 1.82) is 0 Å². The van der Waals surface area contributed by atoms with Gasteiger partial charge in [0.25, 0.3) is 22.2 Å². The first-order valence-electron chi connectivity index (χ1n) is 40.6. The number of H-pyrrole nitrogens is 4. The van der Waals surface area contributed by atoms with E-state index in [2.05, 4.69) is 87.6 Å². The van der Waals surface area contributed by atoms with Gasteiger partial charge in [-0.2, -0.15) is 9.57 Å². The summed E-state index contributed by atoms with van der Waals surface area (Å²) in [7, 11) is -20.5. The fraction of sp³-hybridized carbons (Fsp3) is 0.577. The van der Waals surface area contributed by atoms with Gasteiger partial charge in [-0.3, -0.25) is 85.7 Å². The Hall–Kier alpha value is -9.21. The van der Waals surface area contributed by atoms with Crippen molar-refractivity contribution in [2.75, 3.05) is 12.7 Å². The molecular weight excluding hydrogens is 1840 g/mol. The van der Waals surface area contributed by atoms with Gasteiger partial charge in [0.05, 0.1) is 60.8 Å². The lowest BCUT2D eigenvalue weighted by atomic mass is 10.1. The monoisotopic (exact) mass is 1950 g/mol. The molecule has 4 saturated heterocycles. The van der Waals surface area contributed by atoms with Crippen LogP contribution in [0.4, 0.5) is 0 Å². The van der Waals surface area contributed by atoms with Crippen molar-refractivity contribution in [2.24, 2.45) is 5.92 Å². The molecule has 12 aliphatic rings. The molecule has 10 unspecified atom stereocenters. The van der Waals surface area contributed by atoms with Gasteiger partial charge in [0, 0.05) is 96.5 Å². The fourth-order valence-electron chi connectivity index (χ4n) is 14.8. The molecule has 4 aliphatic heterocycles. The summed E-state index contributed by atoms with van der Waals surface area (Å²) in [6, 6.07) is 3.24. The van der Waals surface area contributed by atoms with E-state index in [1.54, 1.807) is 65.8 Å². The number of aliphatic hydroxyl groups excluding tert-OH is 3. The largest absolute Gasteiger partial charge is 0.488 e. The normalized spacial score (nSPS) is 29.5. The predicted octanol–water partition coefficient (Wildman–Crippen LogP) is 2.13. The molecule has 22 atom stereocenters. The molecule has 8 aliphatic carbocycles. The zero-order valence-electron chi connectivity index (χ0n) is 73.3. The van der Waals surface area contributed by atoms with Gasteiger partial charge in [0.2, 0.25) is 0 Å². The highest BCUT2D eigenvalue weighted by atomic mass is 31.3. The van der Waals surface area contributed by atoms with E-state index in [0.717, 1.165) is 32.3 Å². The quantitative estimate of drug-likeness (QED) is 0.0112. The number of rotatable bonds is 16. The maximum atomic E-state index is 12.2. The number of aromatic nitrogens is 8. The van der Waals surface area contributed by atoms with Crippen LogP contribution in [0.25, 0.3) is 0 Å². The van der Waals surface area contributed by atoms with E-state index in [0.29, 0.717) is 37.4 Å². The zero-order valence-corrected chi connectivity index (χ0v) is 76.9. The zero-order chi connectivity index (χ0) is 98.5. The van der Waals surface area contributed by atoms with E-state index in [1.807, 2.05) is 6.08 Å². The third-order valence-electron chi connectivity index (χ3n) is 19.7. The molecule has 14 N–H and O–H groups in total. The first kappa shape index (κ1) is 110. The fourth-order valence-corrected chi connectivity index (χ4v) is 18.5. The molecule has 0 spiro atoms. The number of epoxide rings is 1. The summed E-state index contributed by atoms with van der Waals surface area (Å²) in [5, 5.41) is 35.5. The number of allylic oxidation sites excluding steroid dienone is 6. The molecule has 16 rings (SSSR count). The van der Waals surface area contributed by atoms with Crippen molar-refractivity contribution in [3.63, 3.8) is 0 Å². The van der Waals surface area contributed by atoms with E-state index < -0.39 is 203 Å². The van der Waals surface area contributed by atoms with Crippen molar-refractivity contribution >= 4 is 60.7 Å². The summed E-state index contributed by atoms with van der Waals surface area (Å²) >= 11 is 0. The number of carbonyl (C=O) groups excluding carboxylic acids is 5. The highest BCUT2D eigenvalue weighted by Crippen LogP contribution is 2.66. The summed E-state index contributed by atoms with van der Waals surface area (Å²) in [5.41, 5.74) is -4.22. The molecule has 0 bridgehead atoms. The van der Waals surface area contributed by atoms with E-state index >= 15 is 0 Å². The number of aliphatic hydroxyl groups is 3. The van der Waals surface area contributed by atoms with Gasteiger partial charge in [0.1, 0.15) is 67.6 Å². The third-order valence-corrected chi connectivity index (χ3v) is 24.2. The molecule has 0 amide bonds. The van der Waals surface area contributed by atoms with E-state index in [1.165, 1.54) is 88.9 Å². The predicted molar refractivity (Wildman–Crippen MR) is 454 cm³/mol. The van der Waals surface area contributed by atoms with Gasteiger partial charge < -0.3 is 106 Å². The Morgan fingerprint density at radius 2 is 0.841 bits per heavy atom. The molecule has 132 heavy (non-hydrogen) atoms. The summed E-state index contributed by atoms with van der Waals surface area (Å²) in [6.07, 6.45) is 26.0. The maximum absolute atomic E-state index is 12.2. The lowest BCUT2D eigenvalue weighted by molar-refractivity contribution is -0.231. The van der Waals surface area contributed by atoms with Crippen molar-refractivity contribution in [2.45, 2.75) is 268 Å². The van der Waals surface area contributed by atoms with Crippen molar-refractivity contribution in [1.82, 2.24) is 38.2 Å². The van der Waals surface area contributed by atoms with Gasteiger partial charge in [-0.15, -0.1) is 0 Å². The van der Waals surface area contributed by atoms with Gasteiger partial charge in [-0.05, 0) is 98.1 Å². The Morgan fingerprint density at radius 1 is 0.455 bits per heavy atom. The lowest BCUT2D eigenvalue weighted by Gasteiger charge is -2.24. The number of ether oxygens (including phenoxy) is 12. The average Bonchev–Trinajstić information content (AvgIpc) is 1.61. The van der Waals surface area contributed by atoms with Crippen LogP contribution < -0.4 is 45.0 Å². The van der Waals surface area contributed by atoms with E-state index in [-0.39, 0.29) is 49.1 Å². The number of esters is 4. The molecule has 54 heteroatoms. The molecule has 4 aromatic heterocycles. The number of hydrogen-bond acceptors (Lipinski definition) is 36. The Bertz CT molecular complexity index is 5500. The molecular formula is C78H110N8O42P4. The second-order valence-electron chi connectivity index (χ2n) is 32.2. The Morgan fingerprint density at radius 3 is 1.15 bits per heavy atom. The maximum Gasteiger partial charge on any atom is 0.488 e. The molecule has 7 fully saturated rings. The lowest BCUT2D eigenvalue weighted by Crippen LogP contribution is -2.36. The van der Waals surface area contributed by atoms with Gasteiger partial charge in [-0.1, -0.05) is 67.7 Å². The molecule has 3 saturated carbocycles. The molecule has 8 heterocycles. The average molecular weight is 1960 g/mol. The molecule has 734 valence electrons. The van der Waals surface area contributed by atoms with Crippen LogP contribution in [-0.4, -0.2) is 240 Å². The van der Waals surface area contributed by atoms with E-state index in [4.69, 9.17) is 82.0 Å². The summed E-state index contributed by atoms with van der Waals surface area (Å²) in [5.74, 6) is -4.54. The summed E-state index contributed by atoms with van der Waals surface area (Å²) < 4.78 is 122. The van der Waals surface area contributed by atoms with Gasteiger partial charge in [-0.25, -0.2) is 37.4 Å². The van der Waals surface area contributed by atoms with Gasteiger partial charge in [0.15, 0.2) is 17.4 Å². The minimum atomic E-state index is -5.60. The first-order valence-corrected chi connectivity index (χ1v) is 47.2. The van der Waals surface area contributed by atoms with Crippen LogP contribution in [-0.2, 0) is 113 Å². The van der Waals surface area contributed by atoms with Crippen LogP contribution in [0.15, 0.2) is 160 Å². The number of carbonyl (C=O) groups is 5.